The molecule has 0 aliphatic heterocycles. The van der Waals surface area contributed by atoms with Crippen molar-refractivity contribution in [1.29, 1.82) is 0 Å². The number of amides is 4. The highest BCUT2D eigenvalue weighted by Crippen LogP contribution is 2.06. The molecule has 4 amide bonds. The van der Waals surface area contributed by atoms with Crippen molar-refractivity contribution in [3.8, 4) is 0 Å². The number of carbonyl (C=O) groups is 5. The van der Waals surface area contributed by atoms with Gasteiger partial charge >= 0.3 is 5.97 Å². The summed E-state index contributed by atoms with van der Waals surface area (Å²) in [6, 6.07) is 5.54. The predicted molar refractivity (Wildman–Crippen MR) is 116 cm³/mol. The van der Waals surface area contributed by atoms with Crippen molar-refractivity contribution in [1.82, 2.24) is 16.0 Å². The number of carboxylic acid groups (broad SMARTS) is 1. The van der Waals surface area contributed by atoms with Gasteiger partial charge in [0.05, 0.1) is 12.6 Å². The van der Waals surface area contributed by atoms with E-state index in [9.17, 15) is 29.1 Å². The minimum absolute atomic E-state index is 0.0834. The van der Waals surface area contributed by atoms with Crippen molar-refractivity contribution in [3.05, 3.63) is 35.9 Å². The molecular formula is C21H31N5O6. The molecule has 1 rings (SSSR count). The lowest BCUT2D eigenvalue weighted by molar-refractivity contribution is -0.142. The van der Waals surface area contributed by atoms with Gasteiger partial charge in [0.25, 0.3) is 0 Å². The van der Waals surface area contributed by atoms with E-state index in [4.69, 9.17) is 11.5 Å². The highest BCUT2D eigenvalue weighted by Gasteiger charge is 2.27. The number of benzene rings is 1. The van der Waals surface area contributed by atoms with E-state index in [2.05, 4.69) is 16.0 Å². The molecule has 0 aliphatic rings. The van der Waals surface area contributed by atoms with Gasteiger partial charge in [0.15, 0.2) is 0 Å². The van der Waals surface area contributed by atoms with Gasteiger partial charge in [0, 0.05) is 12.8 Å². The molecule has 0 aliphatic carbocycles. The Kier molecular flexibility index (Phi) is 10.8. The summed E-state index contributed by atoms with van der Waals surface area (Å²) in [5.41, 5.74) is 11.5. The Morgan fingerprint density at radius 3 is 2.12 bits per heavy atom. The van der Waals surface area contributed by atoms with Crippen LogP contribution in [0.3, 0.4) is 0 Å². The molecule has 0 aromatic heterocycles. The average Bonchev–Trinajstić information content (AvgIpc) is 2.73. The summed E-state index contributed by atoms with van der Waals surface area (Å²) in [6.45, 7) is 3.13. The number of hydrogen-bond donors (Lipinski definition) is 6. The molecule has 0 saturated carbocycles. The fraction of sp³-hybridized carbons (Fsp3) is 0.476. The molecule has 3 unspecified atom stereocenters. The number of hydrogen-bond acceptors (Lipinski definition) is 6. The third-order valence-electron chi connectivity index (χ3n) is 4.67. The van der Waals surface area contributed by atoms with Gasteiger partial charge in [-0.2, -0.15) is 0 Å². The first-order valence-electron chi connectivity index (χ1n) is 10.2. The SMILES string of the molecule is CC(C)C(N)C(=O)NCC(=O)NC(Cc1ccccc1)C(=O)NC(CCC(N)=O)C(=O)O. The zero-order valence-corrected chi connectivity index (χ0v) is 18.2. The van der Waals surface area contributed by atoms with Crippen LogP contribution in [-0.4, -0.2) is 59.4 Å². The number of aliphatic carboxylic acids is 1. The van der Waals surface area contributed by atoms with Gasteiger partial charge in [-0.05, 0) is 17.9 Å². The zero-order chi connectivity index (χ0) is 24.3. The minimum atomic E-state index is -1.35. The number of nitrogens with one attached hydrogen (secondary N) is 3. The Morgan fingerprint density at radius 1 is 0.969 bits per heavy atom. The fourth-order valence-corrected chi connectivity index (χ4v) is 2.71. The second kappa shape index (κ2) is 13.1. The van der Waals surface area contributed by atoms with Crippen molar-refractivity contribution >= 4 is 29.6 Å². The highest BCUT2D eigenvalue weighted by atomic mass is 16.4. The summed E-state index contributed by atoms with van der Waals surface area (Å²) in [7, 11) is 0. The molecule has 1 aromatic carbocycles. The largest absolute Gasteiger partial charge is 0.480 e. The van der Waals surface area contributed by atoms with Gasteiger partial charge in [-0.15, -0.1) is 0 Å². The molecule has 0 bridgehead atoms. The van der Waals surface area contributed by atoms with Crippen LogP contribution in [0.2, 0.25) is 0 Å². The van der Waals surface area contributed by atoms with Crippen LogP contribution in [0, 0.1) is 5.92 Å². The van der Waals surface area contributed by atoms with E-state index in [1.807, 2.05) is 0 Å². The summed E-state index contributed by atoms with van der Waals surface area (Å²) in [4.78, 5) is 59.5. The zero-order valence-electron chi connectivity index (χ0n) is 18.2. The number of carbonyl (C=O) groups excluding carboxylic acids is 4. The van der Waals surface area contributed by atoms with E-state index in [1.54, 1.807) is 44.2 Å². The number of rotatable bonds is 13. The van der Waals surface area contributed by atoms with Crippen LogP contribution in [0.1, 0.15) is 32.3 Å². The number of carboxylic acids is 1. The van der Waals surface area contributed by atoms with E-state index in [0.29, 0.717) is 0 Å². The third-order valence-corrected chi connectivity index (χ3v) is 4.67. The van der Waals surface area contributed by atoms with Crippen LogP contribution < -0.4 is 27.4 Å². The summed E-state index contributed by atoms with van der Waals surface area (Å²) in [5, 5.41) is 16.6. The quantitative estimate of drug-likeness (QED) is 0.214. The van der Waals surface area contributed by atoms with Gasteiger partial charge in [-0.1, -0.05) is 44.2 Å². The maximum atomic E-state index is 12.8. The van der Waals surface area contributed by atoms with Crippen LogP contribution in [-0.2, 0) is 30.4 Å². The van der Waals surface area contributed by atoms with Crippen LogP contribution in [0.5, 0.6) is 0 Å². The molecule has 11 heteroatoms. The van der Waals surface area contributed by atoms with E-state index >= 15 is 0 Å². The lowest BCUT2D eigenvalue weighted by Gasteiger charge is -2.22. The molecule has 0 spiro atoms. The predicted octanol–water partition coefficient (Wildman–Crippen LogP) is -1.35. The normalized spacial score (nSPS) is 13.5. The van der Waals surface area contributed by atoms with Crippen LogP contribution in [0.15, 0.2) is 30.3 Å². The molecule has 1 aromatic rings. The summed E-state index contributed by atoms with van der Waals surface area (Å²) < 4.78 is 0. The maximum Gasteiger partial charge on any atom is 0.326 e. The smallest absolute Gasteiger partial charge is 0.326 e. The van der Waals surface area contributed by atoms with Gasteiger partial charge in [-0.3, -0.25) is 19.2 Å². The molecule has 32 heavy (non-hydrogen) atoms. The van der Waals surface area contributed by atoms with E-state index in [0.717, 1.165) is 5.56 Å². The molecule has 0 heterocycles. The second-order valence-corrected chi connectivity index (χ2v) is 7.70. The Morgan fingerprint density at radius 2 is 1.59 bits per heavy atom. The van der Waals surface area contributed by atoms with Crippen molar-refractivity contribution in [2.45, 2.75) is 51.2 Å². The van der Waals surface area contributed by atoms with Crippen LogP contribution in [0.25, 0.3) is 0 Å². The van der Waals surface area contributed by atoms with Crippen molar-refractivity contribution in [2.75, 3.05) is 6.54 Å². The Balaban J connectivity index is 2.86. The maximum absolute atomic E-state index is 12.8. The van der Waals surface area contributed by atoms with Crippen LogP contribution in [0.4, 0.5) is 0 Å². The van der Waals surface area contributed by atoms with Gasteiger partial charge in [0.1, 0.15) is 12.1 Å². The summed E-state index contributed by atoms with van der Waals surface area (Å²) in [6.07, 6.45) is -0.333. The standard InChI is InChI=1S/C21H31N5O6/c1-12(2)18(23)20(30)24-11-17(28)25-15(10-13-6-4-3-5-7-13)19(29)26-14(21(31)32)8-9-16(22)27/h3-7,12,14-15,18H,8-11,23H2,1-2H3,(H2,22,27)(H,24,30)(H,25,28)(H,26,29)(H,31,32). The van der Waals surface area contributed by atoms with E-state index in [-0.39, 0.29) is 25.2 Å². The highest BCUT2D eigenvalue weighted by molar-refractivity contribution is 5.92. The summed E-state index contributed by atoms with van der Waals surface area (Å²) >= 11 is 0. The van der Waals surface area contributed by atoms with Crippen LogP contribution >= 0.6 is 0 Å². The van der Waals surface area contributed by atoms with Gasteiger partial charge in [0.2, 0.25) is 23.6 Å². The first-order valence-corrected chi connectivity index (χ1v) is 10.2. The van der Waals surface area contributed by atoms with Gasteiger partial charge < -0.3 is 32.5 Å². The first kappa shape index (κ1) is 26.6. The lowest BCUT2D eigenvalue weighted by Crippen LogP contribution is -2.54. The second-order valence-electron chi connectivity index (χ2n) is 7.70. The number of primary amides is 1. The fourth-order valence-electron chi connectivity index (χ4n) is 2.71. The average molecular weight is 450 g/mol. The van der Waals surface area contributed by atoms with Gasteiger partial charge in [-0.25, -0.2) is 4.79 Å². The Labute approximate surface area is 186 Å². The number of nitrogens with two attached hydrogens (primary N) is 2. The molecule has 0 radical (unpaired) electrons. The molecule has 176 valence electrons. The minimum Gasteiger partial charge on any atom is -0.480 e. The van der Waals surface area contributed by atoms with Crippen molar-refractivity contribution in [2.24, 2.45) is 17.4 Å². The molecule has 11 nitrogen and oxygen atoms in total. The Hall–Kier alpha value is -3.47. The molecule has 0 saturated heterocycles. The molecule has 0 fully saturated rings. The topological polar surface area (TPSA) is 194 Å². The first-order chi connectivity index (χ1) is 15.0. The molecule has 8 N–H and O–H groups in total. The van der Waals surface area contributed by atoms with E-state index < -0.39 is 54.3 Å². The monoisotopic (exact) mass is 449 g/mol. The Bertz CT molecular complexity index is 814. The molecular weight excluding hydrogens is 418 g/mol. The van der Waals surface area contributed by atoms with Crippen molar-refractivity contribution < 1.29 is 29.1 Å². The summed E-state index contributed by atoms with van der Waals surface area (Å²) in [5.74, 6) is -4.05. The van der Waals surface area contributed by atoms with E-state index in [1.165, 1.54) is 0 Å². The lowest BCUT2D eigenvalue weighted by atomic mass is 10.0. The molecule has 3 atom stereocenters. The van der Waals surface area contributed by atoms with Crippen molar-refractivity contribution in [3.63, 3.8) is 0 Å². The third kappa shape index (κ3) is 9.56.